The normalized spacial score (nSPS) is 18.0. The van der Waals surface area contributed by atoms with Crippen LogP contribution in [-0.2, 0) is 6.42 Å². The summed E-state index contributed by atoms with van der Waals surface area (Å²) in [7, 11) is -0.844. The van der Waals surface area contributed by atoms with Crippen molar-refractivity contribution in [3.8, 4) is 5.75 Å². The molecule has 1 aliphatic rings. The first-order valence-electron chi connectivity index (χ1n) is 5.82. The molecule has 0 spiro atoms. The zero-order valence-electron chi connectivity index (χ0n) is 10.2. The molecule has 0 saturated carbocycles. The Kier molecular flexibility index (Phi) is 3.38. The highest BCUT2D eigenvalue weighted by molar-refractivity contribution is 8.02. The molecule has 3 rings (SSSR count). The minimum atomic E-state index is -0.844. The van der Waals surface area contributed by atoms with E-state index in [1.165, 1.54) is 23.1 Å². The highest BCUT2D eigenvalue weighted by Crippen LogP contribution is 2.37. The van der Waals surface area contributed by atoms with Gasteiger partial charge in [0, 0.05) is 0 Å². The molecule has 5 nitrogen and oxygen atoms in total. The molecule has 1 aliphatic heterocycles. The van der Waals surface area contributed by atoms with Crippen molar-refractivity contribution >= 4 is 35.3 Å². The molecule has 2 aromatic rings. The number of benzene rings is 1. The molecule has 0 aliphatic carbocycles. The molecule has 19 heavy (non-hydrogen) atoms. The monoisotopic (exact) mass is 293 g/mol. The van der Waals surface area contributed by atoms with Crippen molar-refractivity contribution in [2.45, 2.75) is 22.8 Å². The van der Waals surface area contributed by atoms with Crippen molar-refractivity contribution in [1.29, 1.82) is 0 Å². The third-order valence-electron chi connectivity index (χ3n) is 2.95. The average molecular weight is 293 g/mol. The first-order chi connectivity index (χ1) is 9.13. The fourth-order valence-corrected chi connectivity index (χ4v) is 4.00. The van der Waals surface area contributed by atoms with E-state index in [0.29, 0.717) is 5.13 Å². The van der Waals surface area contributed by atoms with Gasteiger partial charge in [0.2, 0.25) is 5.13 Å². The highest BCUT2D eigenvalue weighted by Gasteiger charge is 2.36. The summed E-state index contributed by atoms with van der Waals surface area (Å²) in [6, 6.07) is 6.00. The summed E-state index contributed by atoms with van der Waals surface area (Å²) in [4.78, 5) is 0. The summed E-state index contributed by atoms with van der Waals surface area (Å²) >= 11 is 2.77. The first kappa shape index (κ1) is 12.8. The summed E-state index contributed by atoms with van der Waals surface area (Å²) < 4.78 is 6.37. The van der Waals surface area contributed by atoms with Crippen LogP contribution in [0.3, 0.4) is 0 Å². The van der Waals surface area contributed by atoms with Gasteiger partial charge in [-0.25, -0.2) is 0 Å². The SMILES string of the molecule is Cc1cccc2c1OB(O)[C@@H](Sc1nnc(N)s1)C2. The summed E-state index contributed by atoms with van der Waals surface area (Å²) in [5.41, 5.74) is 7.71. The van der Waals surface area contributed by atoms with Crippen LogP contribution < -0.4 is 10.4 Å². The van der Waals surface area contributed by atoms with Gasteiger partial charge in [0.05, 0.1) is 5.15 Å². The predicted octanol–water partition coefficient (Wildman–Crippen LogP) is 1.54. The number of fused-ring (bicyclic) bond motifs is 1. The van der Waals surface area contributed by atoms with Gasteiger partial charge < -0.3 is 15.4 Å². The molecule has 1 aromatic heterocycles. The Bertz CT molecular complexity index is 607. The van der Waals surface area contributed by atoms with E-state index in [-0.39, 0.29) is 5.15 Å². The molecule has 0 fully saturated rings. The standard InChI is InChI=1S/C11H12BN3O2S2/c1-6-3-2-4-7-5-8(12(16)17-9(6)7)18-11-15-14-10(13)19-11/h2-4,8,16H,5H2,1H3,(H2,13,14)/t8-/m0/s1. The predicted molar refractivity (Wildman–Crippen MR) is 77.5 cm³/mol. The second-order valence-electron chi connectivity index (χ2n) is 4.34. The van der Waals surface area contributed by atoms with E-state index in [9.17, 15) is 5.02 Å². The van der Waals surface area contributed by atoms with Gasteiger partial charge in [-0.1, -0.05) is 41.3 Å². The molecule has 98 valence electrons. The van der Waals surface area contributed by atoms with Gasteiger partial charge in [-0.15, -0.1) is 10.2 Å². The molecule has 8 heteroatoms. The van der Waals surface area contributed by atoms with Crippen molar-refractivity contribution in [2.75, 3.05) is 5.73 Å². The molecule has 2 heterocycles. The van der Waals surface area contributed by atoms with Gasteiger partial charge in [0.1, 0.15) is 5.75 Å². The number of aromatic nitrogens is 2. The number of rotatable bonds is 2. The maximum Gasteiger partial charge on any atom is 0.537 e. The summed E-state index contributed by atoms with van der Waals surface area (Å²) in [6.45, 7) is 1.98. The molecule has 0 bridgehead atoms. The van der Waals surface area contributed by atoms with Crippen LogP contribution >= 0.6 is 23.1 Å². The number of nitrogen functional groups attached to an aromatic ring is 1. The summed E-state index contributed by atoms with van der Waals surface area (Å²) in [6.07, 6.45) is 0.738. The fourth-order valence-electron chi connectivity index (χ4n) is 2.05. The van der Waals surface area contributed by atoms with Crippen LogP contribution in [0.1, 0.15) is 11.1 Å². The second-order valence-corrected chi connectivity index (χ2v) is 6.83. The third kappa shape index (κ3) is 2.56. The van der Waals surface area contributed by atoms with E-state index in [2.05, 4.69) is 10.2 Å². The van der Waals surface area contributed by atoms with E-state index < -0.39 is 7.12 Å². The third-order valence-corrected chi connectivity index (χ3v) is 5.02. The smallest absolute Gasteiger partial charge is 0.535 e. The largest absolute Gasteiger partial charge is 0.537 e. The lowest BCUT2D eigenvalue weighted by molar-refractivity contribution is 0.393. The Morgan fingerprint density at radius 1 is 1.53 bits per heavy atom. The molecular weight excluding hydrogens is 281 g/mol. The number of thioether (sulfide) groups is 1. The Balaban J connectivity index is 1.82. The lowest BCUT2D eigenvalue weighted by atomic mass is 9.77. The van der Waals surface area contributed by atoms with Crippen molar-refractivity contribution in [2.24, 2.45) is 0 Å². The minimum absolute atomic E-state index is 0.0957. The molecule has 0 saturated heterocycles. The second kappa shape index (κ2) is 5.03. The van der Waals surface area contributed by atoms with Crippen LogP contribution in [0.5, 0.6) is 5.75 Å². The number of nitrogens with two attached hydrogens (primary N) is 1. The van der Waals surface area contributed by atoms with E-state index in [1.54, 1.807) is 0 Å². The van der Waals surface area contributed by atoms with Crippen LogP contribution in [-0.4, -0.2) is 27.5 Å². The van der Waals surface area contributed by atoms with Crippen LogP contribution in [0.25, 0.3) is 0 Å². The van der Waals surface area contributed by atoms with Crippen molar-refractivity contribution in [1.82, 2.24) is 10.2 Å². The van der Waals surface area contributed by atoms with Crippen LogP contribution in [0.4, 0.5) is 5.13 Å². The zero-order valence-corrected chi connectivity index (χ0v) is 11.9. The number of anilines is 1. The average Bonchev–Trinajstić information content (AvgIpc) is 2.77. The molecule has 3 N–H and O–H groups in total. The number of hydrogen-bond acceptors (Lipinski definition) is 7. The molecular formula is C11H12BN3O2S2. The summed E-state index contributed by atoms with van der Waals surface area (Å²) in [5, 5.41) is 18.2. The minimum Gasteiger partial charge on any atom is -0.535 e. The van der Waals surface area contributed by atoms with Crippen molar-refractivity contribution in [3.05, 3.63) is 29.3 Å². The molecule has 0 radical (unpaired) electrons. The van der Waals surface area contributed by atoms with E-state index in [1.807, 2.05) is 25.1 Å². The lowest BCUT2D eigenvalue weighted by Crippen LogP contribution is -2.40. The van der Waals surface area contributed by atoms with Crippen molar-refractivity contribution in [3.63, 3.8) is 0 Å². The van der Waals surface area contributed by atoms with Gasteiger partial charge >= 0.3 is 7.12 Å². The molecule has 0 amide bonds. The summed E-state index contributed by atoms with van der Waals surface area (Å²) in [5.74, 6) is 0.795. The van der Waals surface area contributed by atoms with Gasteiger partial charge in [-0.2, -0.15) is 0 Å². The number of nitrogens with zero attached hydrogens (tertiary/aromatic N) is 2. The van der Waals surface area contributed by atoms with Crippen LogP contribution in [0.2, 0.25) is 0 Å². The topological polar surface area (TPSA) is 81.3 Å². The number of para-hydroxylation sites is 1. The first-order valence-corrected chi connectivity index (χ1v) is 7.52. The Hall–Kier alpha value is -1.25. The Morgan fingerprint density at radius 2 is 2.37 bits per heavy atom. The molecule has 0 unspecified atom stereocenters. The van der Waals surface area contributed by atoms with E-state index in [0.717, 1.165) is 27.6 Å². The maximum absolute atomic E-state index is 10.1. The molecule has 1 aromatic carbocycles. The fraction of sp³-hybridized carbons (Fsp3) is 0.273. The Morgan fingerprint density at radius 3 is 3.11 bits per heavy atom. The van der Waals surface area contributed by atoms with Gasteiger partial charge in [0.15, 0.2) is 4.34 Å². The number of aryl methyl sites for hydroxylation is 1. The van der Waals surface area contributed by atoms with E-state index >= 15 is 0 Å². The van der Waals surface area contributed by atoms with Crippen LogP contribution in [0.15, 0.2) is 22.5 Å². The van der Waals surface area contributed by atoms with E-state index in [4.69, 9.17) is 10.4 Å². The number of hydrogen-bond donors (Lipinski definition) is 2. The van der Waals surface area contributed by atoms with Gasteiger partial charge in [0.25, 0.3) is 0 Å². The Labute approximate surface area is 119 Å². The lowest BCUT2D eigenvalue weighted by Gasteiger charge is -2.27. The highest BCUT2D eigenvalue weighted by atomic mass is 32.2. The maximum atomic E-state index is 10.1. The quantitative estimate of drug-likeness (QED) is 0.818. The zero-order chi connectivity index (χ0) is 13.4. The van der Waals surface area contributed by atoms with Gasteiger partial charge in [-0.3, -0.25) is 0 Å². The molecule has 1 atom stereocenters. The van der Waals surface area contributed by atoms with Gasteiger partial charge in [-0.05, 0) is 24.5 Å². The van der Waals surface area contributed by atoms with Crippen molar-refractivity contribution < 1.29 is 9.68 Å². The van der Waals surface area contributed by atoms with Crippen LogP contribution in [0, 0.1) is 6.92 Å².